The number of ketones is 1. The molecule has 0 fully saturated rings. The van der Waals surface area contributed by atoms with Crippen molar-refractivity contribution in [1.82, 2.24) is 9.97 Å². The minimum atomic E-state index is -4.36. The van der Waals surface area contributed by atoms with Gasteiger partial charge in [0, 0.05) is 18.0 Å². The van der Waals surface area contributed by atoms with Gasteiger partial charge in [0.05, 0.1) is 16.6 Å². The number of carbonyl (C=O) groups is 1. The van der Waals surface area contributed by atoms with Crippen LogP contribution in [0.5, 0.6) is 0 Å². The molecular formula is C24H15F3N2O. The monoisotopic (exact) mass is 404 g/mol. The summed E-state index contributed by atoms with van der Waals surface area (Å²) >= 11 is 0. The molecule has 30 heavy (non-hydrogen) atoms. The first kappa shape index (κ1) is 19.5. The number of hydrogen-bond donors (Lipinski definition) is 0. The van der Waals surface area contributed by atoms with Crippen molar-refractivity contribution in [3.8, 4) is 11.1 Å². The SMILES string of the molecule is O=C(C=Cc1ccc2nccnc2c1)c1ccc(-c2ccc(C(F)(F)F)cc2)cc1. The van der Waals surface area contributed by atoms with Crippen LogP contribution in [0.1, 0.15) is 21.5 Å². The molecule has 1 heterocycles. The van der Waals surface area contributed by atoms with Crippen molar-refractivity contribution in [2.45, 2.75) is 6.18 Å². The van der Waals surface area contributed by atoms with Gasteiger partial charge in [-0.2, -0.15) is 13.2 Å². The molecule has 0 saturated heterocycles. The van der Waals surface area contributed by atoms with Crippen LogP contribution in [-0.2, 0) is 6.18 Å². The third-order valence-corrected chi connectivity index (χ3v) is 4.64. The van der Waals surface area contributed by atoms with Gasteiger partial charge in [-0.25, -0.2) is 0 Å². The van der Waals surface area contributed by atoms with Crippen LogP contribution >= 0.6 is 0 Å². The first-order valence-electron chi connectivity index (χ1n) is 9.11. The Morgan fingerprint density at radius 2 is 1.37 bits per heavy atom. The summed E-state index contributed by atoms with van der Waals surface area (Å²) in [5.74, 6) is -0.173. The van der Waals surface area contributed by atoms with Crippen LogP contribution in [0.4, 0.5) is 13.2 Å². The first-order valence-corrected chi connectivity index (χ1v) is 9.11. The van der Waals surface area contributed by atoms with Gasteiger partial charge < -0.3 is 0 Å². The number of carbonyl (C=O) groups excluding carboxylic acids is 1. The van der Waals surface area contributed by atoms with Crippen LogP contribution in [-0.4, -0.2) is 15.8 Å². The van der Waals surface area contributed by atoms with E-state index in [0.717, 1.165) is 34.3 Å². The predicted octanol–water partition coefficient (Wildman–Crippen LogP) is 6.21. The lowest BCUT2D eigenvalue weighted by atomic mass is 10.0. The van der Waals surface area contributed by atoms with Crippen LogP contribution in [0, 0.1) is 0 Å². The summed E-state index contributed by atoms with van der Waals surface area (Å²) in [7, 11) is 0. The number of benzene rings is 3. The molecule has 0 bridgehead atoms. The molecule has 0 radical (unpaired) electrons. The zero-order chi connectivity index (χ0) is 21.1. The Morgan fingerprint density at radius 1 is 0.767 bits per heavy atom. The standard InChI is InChI=1S/C24H15F3N2O/c25-24(26,27)20-9-7-18(8-10-20)17-3-5-19(6-4-17)23(30)12-2-16-1-11-21-22(15-16)29-14-13-28-21/h1-15H. The van der Waals surface area contributed by atoms with E-state index in [1.807, 2.05) is 18.2 Å². The molecule has 4 rings (SSSR count). The van der Waals surface area contributed by atoms with E-state index in [4.69, 9.17) is 0 Å². The molecule has 0 spiro atoms. The summed E-state index contributed by atoms with van der Waals surface area (Å²) < 4.78 is 38.1. The highest BCUT2D eigenvalue weighted by Gasteiger charge is 2.29. The summed E-state index contributed by atoms with van der Waals surface area (Å²) in [6.45, 7) is 0. The van der Waals surface area contributed by atoms with Gasteiger partial charge in [0.15, 0.2) is 5.78 Å². The van der Waals surface area contributed by atoms with Crippen molar-refractivity contribution in [3.05, 3.63) is 102 Å². The molecule has 148 valence electrons. The summed E-state index contributed by atoms with van der Waals surface area (Å²) in [6, 6.07) is 17.2. The third kappa shape index (κ3) is 4.27. The quantitative estimate of drug-likeness (QED) is 0.300. The Hall–Kier alpha value is -3.80. The lowest BCUT2D eigenvalue weighted by Crippen LogP contribution is -2.04. The number of nitrogens with zero attached hydrogens (tertiary/aromatic N) is 2. The Labute approximate surface area is 170 Å². The zero-order valence-corrected chi connectivity index (χ0v) is 15.6. The maximum Gasteiger partial charge on any atom is 0.416 e. The van der Waals surface area contributed by atoms with Crippen molar-refractivity contribution >= 4 is 22.9 Å². The number of allylic oxidation sites excluding steroid dienone is 1. The maximum absolute atomic E-state index is 12.7. The van der Waals surface area contributed by atoms with Crippen molar-refractivity contribution in [3.63, 3.8) is 0 Å². The van der Waals surface area contributed by atoms with E-state index >= 15 is 0 Å². The first-order chi connectivity index (χ1) is 14.4. The molecule has 0 saturated carbocycles. The maximum atomic E-state index is 12.7. The van der Waals surface area contributed by atoms with E-state index < -0.39 is 11.7 Å². The number of alkyl halides is 3. The second kappa shape index (κ2) is 7.91. The van der Waals surface area contributed by atoms with Crippen LogP contribution in [0.3, 0.4) is 0 Å². The Balaban J connectivity index is 1.49. The van der Waals surface area contributed by atoms with Gasteiger partial charge in [-0.05, 0) is 47.0 Å². The number of rotatable bonds is 4. The van der Waals surface area contributed by atoms with Gasteiger partial charge in [0.25, 0.3) is 0 Å². The number of hydrogen-bond acceptors (Lipinski definition) is 3. The molecule has 6 heteroatoms. The molecular weight excluding hydrogens is 389 g/mol. The normalized spacial score (nSPS) is 11.8. The van der Waals surface area contributed by atoms with Gasteiger partial charge in [0.1, 0.15) is 0 Å². The zero-order valence-electron chi connectivity index (χ0n) is 15.6. The molecule has 3 nitrogen and oxygen atoms in total. The smallest absolute Gasteiger partial charge is 0.289 e. The highest BCUT2D eigenvalue weighted by atomic mass is 19.4. The Kier molecular flexibility index (Phi) is 5.14. The molecule has 0 atom stereocenters. The van der Waals surface area contributed by atoms with Crippen LogP contribution in [0.25, 0.3) is 28.2 Å². The number of halogens is 3. The molecule has 0 unspecified atom stereocenters. The van der Waals surface area contributed by atoms with Gasteiger partial charge in [-0.15, -0.1) is 0 Å². The summed E-state index contributed by atoms with van der Waals surface area (Å²) in [6.07, 6.45) is 2.05. The van der Waals surface area contributed by atoms with Crippen molar-refractivity contribution in [2.75, 3.05) is 0 Å². The van der Waals surface area contributed by atoms with Gasteiger partial charge in [-0.3, -0.25) is 14.8 Å². The molecule has 0 aliphatic carbocycles. The van der Waals surface area contributed by atoms with E-state index in [2.05, 4.69) is 9.97 Å². The molecule has 0 aliphatic heterocycles. The van der Waals surface area contributed by atoms with Gasteiger partial charge >= 0.3 is 6.18 Å². The van der Waals surface area contributed by atoms with Crippen LogP contribution < -0.4 is 0 Å². The van der Waals surface area contributed by atoms with Crippen LogP contribution in [0.15, 0.2) is 85.2 Å². The van der Waals surface area contributed by atoms with E-state index in [1.54, 1.807) is 42.7 Å². The summed E-state index contributed by atoms with van der Waals surface area (Å²) in [5.41, 5.74) is 3.53. The molecule has 0 N–H and O–H groups in total. The second-order valence-corrected chi connectivity index (χ2v) is 6.65. The Morgan fingerprint density at radius 3 is 2.00 bits per heavy atom. The number of fused-ring (bicyclic) bond motifs is 1. The van der Waals surface area contributed by atoms with Crippen molar-refractivity contribution in [2.24, 2.45) is 0 Å². The predicted molar refractivity (Wildman–Crippen MR) is 110 cm³/mol. The van der Waals surface area contributed by atoms with Crippen molar-refractivity contribution in [1.29, 1.82) is 0 Å². The molecule has 4 aromatic rings. The molecule has 0 aliphatic rings. The van der Waals surface area contributed by atoms with Gasteiger partial charge in [0.2, 0.25) is 0 Å². The van der Waals surface area contributed by atoms with E-state index in [9.17, 15) is 18.0 Å². The summed E-state index contributed by atoms with van der Waals surface area (Å²) in [4.78, 5) is 20.9. The van der Waals surface area contributed by atoms with E-state index in [-0.39, 0.29) is 5.78 Å². The fraction of sp³-hybridized carbons (Fsp3) is 0.0417. The average Bonchev–Trinajstić information content (AvgIpc) is 2.77. The molecule has 1 aromatic heterocycles. The number of aromatic nitrogens is 2. The second-order valence-electron chi connectivity index (χ2n) is 6.65. The Bertz CT molecular complexity index is 1230. The largest absolute Gasteiger partial charge is 0.416 e. The van der Waals surface area contributed by atoms with Crippen LogP contribution in [0.2, 0.25) is 0 Å². The molecule has 0 amide bonds. The van der Waals surface area contributed by atoms with Crippen molar-refractivity contribution < 1.29 is 18.0 Å². The highest BCUT2D eigenvalue weighted by molar-refractivity contribution is 6.07. The topological polar surface area (TPSA) is 42.9 Å². The lowest BCUT2D eigenvalue weighted by Gasteiger charge is -2.08. The fourth-order valence-corrected chi connectivity index (χ4v) is 3.03. The minimum Gasteiger partial charge on any atom is -0.289 e. The molecule has 3 aromatic carbocycles. The van der Waals surface area contributed by atoms with E-state index in [0.29, 0.717) is 11.1 Å². The average molecular weight is 404 g/mol. The minimum absolute atomic E-state index is 0.173. The van der Waals surface area contributed by atoms with Gasteiger partial charge in [-0.1, -0.05) is 48.5 Å². The van der Waals surface area contributed by atoms with E-state index in [1.165, 1.54) is 18.2 Å². The fourth-order valence-electron chi connectivity index (χ4n) is 3.03. The summed E-state index contributed by atoms with van der Waals surface area (Å²) in [5, 5.41) is 0. The lowest BCUT2D eigenvalue weighted by molar-refractivity contribution is -0.137. The third-order valence-electron chi connectivity index (χ3n) is 4.64. The highest BCUT2D eigenvalue weighted by Crippen LogP contribution is 2.31.